The molecule has 2 aromatic rings. The summed E-state index contributed by atoms with van der Waals surface area (Å²) >= 11 is 0. The Morgan fingerprint density at radius 3 is 2.81 bits per heavy atom. The van der Waals surface area contributed by atoms with E-state index in [0.717, 1.165) is 49.8 Å². The number of aryl methyl sites for hydroxylation is 2. The summed E-state index contributed by atoms with van der Waals surface area (Å²) in [5.74, 6) is -0.150. The van der Waals surface area contributed by atoms with Gasteiger partial charge in [0.15, 0.2) is 0 Å². The molecular formula is C20H26N4O2. The van der Waals surface area contributed by atoms with Gasteiger partial charge in [0.1, 0.15) is 5.69 Å². The van der Waals surface area contributed by atoms with Crippen molar-refractivity contribution in [2.45, 2.75) is 13.8 Å². The molecule has 1 amide bonds. The summed E-state index contributed by atoms with van der Waals surface area (Å²) in [7, 11) is 0. The van der Waals surface area contributed by atoms with Crippen molar-refractivity contribution < 1.29 is 9.53 Å². The lowest BCUT2D eigenvalue weighted by Gasteiger charge is -2.26. The zero-order valence-corrected chi connectivity index (χ0v) is 15.4. The Kier molecular flexibility index (Phi) is 6.20. The summed E-state index contributed by atoms with van der Waals surface area (Å²) in [6.45, 7) is 8.92. The van der Waals surface area contributed by atoms with Crippen molar-refractivity contribution in [2.24, 2.45) is 0 Å². The molecule has 138 valence electrons. The van der Waals surface area contributed by atoms with E-state index in [1.165, 1.54) is 5.56 Å². The Morgan fingerprint density at radius 1 is 1.19 bits per heavy atom. The summed E-state index contributed by atoms with van der Waals surface area (Å²) in [4.78, 5) is 18.9. The molecular weight excluding hydrogens is 328 g/mol. The lowest BCUT2D eigenvalue weighted by atomic mass is 10.1. The fourth-order valence-corrected chi connectivity index (χ4v) is 2.90. The number of nitrogens with zero attached hydrogens (tertiary/aromatic N) is 2. The fraction of sp³-hybridized carbons (Fsp3) is 0.400. The highest BCUT2D eigenvalue weighted by atomic mass is 16.5. The van der Waals surface area contributed by atoms with Crippen molar-refractivity contribution in [3.63, 3.8) is 0 Å². The highest BCUT2D eigenvalue weighted by molar-refractivity contribution is 5.93. The number of nitrogens with one attached hydrogen (secondary N) is 2. The predicted molar refractivity (Wildman–Crippen MR) is 103 cm³/mol. The number of benzene rings is 1. The van der Waals surface area contributed by atoms with Gasteiger partial charge in [-0.3, -0.25) is 14.7 Å². The number of rotatable bonds is 6. The smallest absolute Gasteiger partial charge is 0.269 e. The zero-order chi connectivity index (χ0) is 18.4. The van der Waals surface area contributed by atoms with Crippen LogP contribution in [0.3, 0.4) is 0 Å². The van der Waals surface area contributed by atoms with Gasteiger partial charge in [-0.05, 0) is 43.2 Å². The monoisotopic (exact) mass is 354 g/mol. The molecule has 26 heavy (non-hydrogen) atoms. The van der Waals surface area contributed by atoms with Crippen LogP contribution < -0.4 is 10.6 Å². The third-order valence-corrected chi connectivity index (χ3v) is 4.48. The number of ether oxygens (including phenoxy) is 1. The predicted octanol–water partition coefficient (Wildman–Crippen LogP) is 2.50. The van der Waals surface area contributed by atoms with Crippen LogP contribution >= 0.6 is 0 Å². The number of hydrogen-bond donors (Lipinski definition) is 2. The number of carbonyl (C=O) groups is 1. The quantitative estimate of drug-likeness (QED) is 0.834. The van der Waals surface area contributed by atoms with E-state index in [0.29, 0.717) is 12.2 Å². The van der Waals surface area contributed by atoms with E-state index in [1.54, 1.807) is 12.3 Å². The Hall–Kier alpha value is -2.44. The van der Waals surface area contributed by atoms with E-state index >= 15 is 0 Å². The lowest BCUT2D eigenvalue weighted by molar-refractivity contribution is 0.0383. The molecule has 2 heterocycles. The number of anilines is 2. The maximum atomic E-state index is 12.4. The molecule has 0 spiro atoms. The van der Waals surface area contributed by atoms with Crippen molar-refractivity contribution in [3.8, 4) is 0 Å². The van der Waals surface area contributed by atoms with E-state index < -0.39 is 0 Å². The molecule has 0 unspecified atom stereocenters. The molecule has 1 aromatic heterocycles. The average Bonchev–Trinajstić information content (AvgIpc) is 2.66. The number of pyridine rings is 1. The molecule has 2 N–H and O–H groups in total. The average molecular weight is 354 g/mol. The van der Waals surface area contributed by atoms with Gasteiger partial charge in [0.25, 0.3) is 5.91 Å². The second kappa shape index (κ2) is 8.78. The van der Waals surface area contributed by atoms with Crippen LogP contribution in [0.4, 0.5) is 11.4 Å². The zero-order valence-electron chi connectivity index (χ0n) is 15.4. The van der Waals surface area contributed by atoms with Crippen LogP contribution in [0.15, 0.2) is 36.5 Å². The molecule has 1 aliphatic rings. The van der Waals surface area contributed by atoms with Crippen LogP contribution in [0.5, 0.6) is 0 Å². The molecule has 0 atom stereocenters. The highest BCUT2D eigenvalue weighted by Gasteiger charge is 2.12. The summed E-state index contributed by atoms with van der Waals surface area (Å²) in [5, 5.41) is 6.32. The molecule has 0 bridgehead atoms. The third-order valence-electron chi connectivity index (χ3n) is 4.48. The van der Waals surface area contributed by atoms with Gasteiger partial charge in [0.05, 0.1) is 13.2 Å². The van der Waals surface area contributed by atoms with Crippen LogP contribution in [0.2, 0.25) is 0 Å². The number of hydrogen-bond acceptors (Lipinski definition) is 5. The van der Waals surface area contributed by atoms with Crippen molar-refractivity contribution in [1.29, 1.82) is 0 Å². The maximum absolute atomic E-state index is 12.4. The molecule has 1 fully saturated rings. The Morgan fingerprint density at radius 2 is 2.00 bits per heavy atom. The highest BCUT2D eigenvalue weighted by Crippen LogP contribution is 2.21. The van der Waals surface area contributed by atoms with Crippen molar-refractivity contribution >= 4 is 17.3 Å². The molecule has 1 aromatic carbocycles. The van der Waals surface area contributed by atoms with Gasteiger partial charge in [-0.25, -0.2) is 0 Å². The van der Waals surface area contributed by atoms with Gasteiger partial charge in [-0.1, -0.05) is 12.1 Å². The normalized spacial score (nSPS) is 14.8. The first-order valence-electron chi connectivity index (χ1n) is 9.00. The molecule has 0 aliphatic carbocycles. The summed E-state index contributed by atoms with van der Waals surface area (Å²) < 4.78 is 5.33. The summed E-state index contributed by atoms with van der Waals surface area (Å²) in [5.41, 5.74) is 4.65. The van der Waals surface area contributed by atoms with Gasteiger partial charge in [0, 0.05) is 43.8 Å². The largest absolute Gasteiger partial charge is 0.379 e. The van der Waals surface area contributed by atoms with E-state index in [1.807, 2.05) is 6.07 Å². The van der Waals surface area contributed by atoms with Crippen LogP contribution in [-0.4, -0.2) is 55.2 Å². The van der Waals surface area contributed by atoms with Crippen LogP contribution in [0.1, 0.15) is 21.6 Å². The first kappa shape index (κ1) is 18.4. The first-order chi connectivity index (χ1) is 12.6. The SMILES string of the molecule is Cc1ccc(C)c(Nc2ccnc(C(=O)NCCN3CCOCC3)c2)c1. The molecule has 0 saturated carbocycles. The van der Waals surface area contributed by atoms with Crippen molar-refractivity contribution in [3.05, 3.63) is 53.3 Å². The topological polar surface area (TPSA) is 66.5 Å². The van der Waals surface area contributed by atoms with Gasteiger partial charge in [0.2, 0.25) is 0 Å². The van der Waals surface area contributed by atoms with Gasteiger partial charge < -0.3 is 15.4 Å². The number of carbonyl (C=O) groups excluding carboxylic acids is 1. The number of amides is 1. The van der Waals surface area contributed by atoms with E-state index in [2.05, 4.69) is 52.6 Å². The Labute approximate surface area is 154 Å². The molecule has 1 aliphatic heterocycles. The first-order valence-corrected chi connectivity index (χ1v) is 9.00. The Balaban J connectivity index is 1.57. The Bertz CT molecular complexity index is 757. The minimum Gasteiger partial charge on any atom is -0.379 e. The van der Waals surface area contributed by atoms with Crippen LogP contribution in [0.25, 0.3) is 0 Å². The van der Waals surface area contributed by atoms with E-state index in [4.69, 9.17) is 4.74 Å². The van der Waals surface area contributed by atoms with Crippen molar-refractivity contribution in [2.75, 3.05) is 44.7 Å². The minimum atomic E-state index is -0.150. The van der Waals surface area contributed by atoms with E-state index in [-0.39, 0.29) is 5.91 Å². The molecule has 6 nitrogen and oxygen atoms in total. The standard InChI is InChI=1S/C20H26N4O2/c1-15-3-4-16(2)18(13-15)23-17-5-6-21-19(14-17)20(25)22-7-8-24-9-11-26-12-10-24/h3-6,13-14H,7-12H2,1-2H3,(H,21,23)(H,22,25). The van der Waals surface area contributed by atoms with E-state index in [9.17, 15) is 4.79 Å². The minimum absolute atomic E-state index is 0.150. The second-order valence-corrected chi connectivity index (χ2v) is 6.58. The maximum Gasteiger partial charge on any atom is 0.269 e. The van der Waals surface area contributed by atoms with Gasteiger partial charge in [-0.2, -0.15) is 0 Å². The van der Waals surface area contributed by atoms with Crippen molar-refractivity contribution in [1.82, 2.24) is 15.2 Å². The molecule has 0 radical (unpaired) electrons. The molecule has 3 rings (SSSR count). The second-order valence-electron chi connectivity index (χ2n) is 6.58. The number of aromatic nitrogens is 1. The van der Waals surface area contributed by atoms with Crippen LogP contribution in [0, 0.1) is 13.8 Å². The summed E-state index contributed by atoms with van der Waals surface area (Å²) in [6, 6.07) is 9.91. The van der Waals surface area contributed by atoms with Gasteiger partial charge in [-0.15, -0.1) is 0 Å². The molecule has 1 saturated heterocycles. The fourth-order valence-electron chi connectivity index (χ4n) is 2.90. The van der Waals surface area contributed by atoms with Crippen LogP contribution in [-0.2, 0) is 4.74 Å². The third kappa shape index (κ3) is 5.03. The summed E-state index contributed by atoms with van der Waals surface area (Å²) in [6.07, 6.45) is 1.66. The lowest BCUT2D eigenvalue weighted by Crippen LogP contribution is -2.41. The number of morpholine rings is 1. The van der Waals surface area contributed by atoms with Gasteiger partial charge >= 0.3 is 0 Å². The molecule has 6 heteroatoms.